The minimum Gasteiger partial charge on any atom is -0.465 e. The van der Waals surface area contributed by atoms with Crippen LogP contribution >= 0.6 is 11.6 Å². The standard InChI is InChI=1S/C25H19ClN2O6S/c1-14-20(26)4-3-5-22(14)35(30,31)34-17-10-11-18-21(12-17)33-24(28)19(13-27)23(18)15-6-8-16(9-7-15)25(29)32-2/h3-12,23H,28H2,1-2H3. The van der Waals surface area contributed by atoms with Gasteiger partial charge in [-0.05, 0) is 48.4 Å². The molecule has 8 nitrogen and oxygen atoms in total. The lowest BCUT2D eigenvalue weighted by Crippen LogP contribution is -2.21. The second-order valence-corrected chi connectivity index (χ2v) is 9.56. The number of halogens is 1. The second-order valence-electron chi connectivity index (χ2n) is 7.64. The van der Waals surface area contributed by atoms with Gasteiger partial charge < -0.3 is 19.4 Å². The first-order chi connectivity index (χ1) is 16.7. The fourth-order valence-corrected chi connectivity index (χ4v) is 5.20. The number of hydrogen-bond donors (Lipinski definition) is 1. The van der Waals surface area contributed by atoms with E-state index in [2.05, 4.69) is 6.07 Å². The maximum Gasteiger partial charge on any atom is 0.339 e. The highest BCUT2D eigenvalue weighted by Crippen LogP contribution is 2.43. The molecule has 1 unspecified atom stereocenters. The molecule has 0 fully saturated rings. The lowest BCUT2D eigenvalue weighted by atomic mass is 9.83. The average Bonchev–Trinajstić information content (AvgIpc) is 2.84. The van der Waals surface area contributed by atoms with E-state index in [0.717, 1.165) is 0 Å². The van der Waals surface area contributed by atoms with Crippen molar-refractivity contribution in [2.75, 3.05) is 7.11 Å². The van der Waals surface area contributed by atoms with E-state index in [-0.39, 0.29) is 27.9 Å². The summed E-state index contributed by atoms with van der Waals surface area (Å²) in [5.41, 5.74) is 8.17. The molecule has 10 heteroatoms. The Kier molecular flexibility index (Phi) is 6.43. The van der Waals surface area contributed by atoms with Gasteiger partial charge in [0.15, 0.2) is 0 Å². The summed E-state index contributed by atoms with van der Waals surface area (Å²) in [6, 6.07) is 17.6. The highest BCUT2D eigenvalue weighted by Gasteiger charge is 2.31. The number of benzene rings is 3. The number of rotatable bonds is 5. The summed E-state index contributed by atoms with van der Waals surface area (Å²) in [5.74, 6) is -0.975. The first kappa shape index (κ1) is 24.1. The van der Waals surface area contributed by atoms with Gasteiger partial charge in [0, 0.05) is 16.7 Å². The van der Waals surface area contributed by atoms with Crippen LogP contribution in [0.25, 0.3) is 0 Å². The molecule has 0 amide bonds. The zero-order valence-electron chi connectivity index (χ0n) is 18.6. The lowest BCUT2D eigenvalue weighted by Gasteiger charge is -2.26. The average molecular weight is 511 g/mol. The summed E-state index contributed by atoms with van der Waals surface area (Å²) >= 11 is 6.06. The van der Waals surface area contributed by atoms with Crippen LogP contribution < -0.4 is 14.7 Å². The highest BCUT2D eigenvalue weighted by molar-refractivity contribution is 7.87. The third kappa shape index (κ3) is 4.54. The minimum absolute atomic E-state index is 0.00359. The topological polar surface area (TPSA) is 129 Å². The second kappa shape index (κ2) is 9.33. The maximum atomic E-state index is 12.9. The van der Waals surface area contributed by atoms with Crippen molar-refractivity contribution in [3.8, 4) is 17.6 Å². The molecule has 1 aliphatic heterocycles. The molecule has 0 aromatic heterocycles. The quantitative estimate of drug-likeness (QED) is 0.394. The predicted octanol–water partition coefficient (Wildman–Crippen LogP) is 4.42. The number of ether oxygens (including phenoxy) is 2. The van der Waals surface area contributed by atoms with Gasteiger partial charge >= 0.3 is 16.1 Å². The van der Waals surface area contributed by atoms with E-state index in [4.69, 9.17) is 31.0 Å². The molecular weight excluding hydrogens is 492 g/mol. The molecule has 3 aromatic carbocycles. The number of nitriles is 1. The summed E-state index contributed by atoms with van der Waals surface area (Å²) in [6.07, 6.45) is 0. The molecule has 0 saturated heterocycles. The van der Waals surface area contributed by atoms with Crippen molar-refractivity contribution < 1.29 is 26.9 Å². The molecule has 2 N–H and O–H groups in total. The third-order valence-electron chi connectivity index (χ3n) is 5.55. The van der Waals surface area contributed by atoms with Crippen LogP contribution in [0.4, 0.5) is 0 Å². The molecule has 0 spiro atoms. The van der Waals surface area contributed by atoms with Gasteiger partial charge in [-0.2, -0.15) is 13.7 Å². The Bertz CT molecular complexity index is 1510. The van der Waals surface area contributed by atoms with Crippen molar-refractivity contribution in [3.05, 3.63) is 99.4 Å². The summed E-state index contributed by atoms with van der Waals surface area (Å²) in [6.45, 7) is 1.58. The molecule has 0 bridgehead atoms. The zero-order valence-corrected chi connectivity index (χ0v) is 20.2. The zero-order chi connectivity index (χ0) is 25.3. The molecule has 178 valence electrons. The fraction of sp³-hybridized carbons (Fsp3) is 0.120. The normalized spacial score (nSPS) is 15.0. The molecule has 1 heterocycles. The largest absolute Gasteiger partial charge is 0.465 e. The van der Waals surface area contributed by atoms with E-state index in [0.29, 0.717) is 27.3 Å². The number of esters is 1. The highest BCUT2D eigenvalue weighted by atomic mass is 35.5. The van der Waals surface area contributed by atoms with Crippen LogP contribution in [-0.4, -0.2) is 21.5 Å². The van der Waals surface area contributed by atoms with Crippen LogP contribution in [0.2, 0.25) is 5.02 Å². The van der Waals surface area contributed by atoms with Gasteiger partial charge in [0.1, 0.15) is 28.0 Å². The van der Waals surface area contributed by atoms with Crippen molar-refractivity contribution in [1.82, 2.24) is 0 Å². The van der Waals surface area contributed by atoms with E-state index >= 15 is 0 Å². The smallest absolute Gasteiger partial charge is 0.339 e. The Hall–Kier alpha value is -4.00. The van der Waals surface area contributed by atoms with Crippen molar-refractivity contribution in [3.63, 3.8) is 0 Å². The van der Waals surface area contributed by atoms with E-state index < -0.39 is 22.0 Å². The van der Waals surface area contributed by atoms with E-state index in [1.807, 2.05) is 0 Å². The molecule has 4 rings (SSSR count). The van der Waals surface area contributed by atoms with Gasteiger partial charge in [0.2, 0.25) is 5.88 Å². The fourth-order valence-electron chi connectivity index (χ4n) is 3.79. The predicted molar refractivity (Wildman–Crippen MR) is 128 cm³/mol. The molecule has 1 aliphatic rings. The van der Waals surface area contributed by atoms with Crippen molar-refractivity contribution in [2.45, 2.75) is 17.7 Å². The van der Waals surface area contributed by atoms with Crippen LogP contribution in [0.3, 0.4) is 0 Å². The number of fused-ring (bicyclic) bond motifs is 1. The Morgan fingerprint density at radius 1 is 1.14 bits per heavy atom. The summed E-state index contributed by atoms with van der Waals surface area (Å²) in [4.78, 5) is 11.7. The van der Waals surface area contributed by atoms with Crippen LogP contribution in [-0.2, 0) is 14.9 Å². The van der Waals surface area contributed by atoms with Gasteiger partial charge in [-0.15, -0.1) is 0 Å². The van der Waals surface area contributed by atoms with E-state index in [1.54, 1.807) is 43.3 Å². The number of methoxy groups -OCH3 is 1. The number of nitrogens with zero attached hydrogens (tertiary/aromatic N) is 1. The number of carbonyl (C=O) groups is 1. The molecular formula is C25H19ClN2O6S. The Morgan fingerprint density at radius 3 is 2.51 bits per heavy atom. The number of carbonyl (C=O) groups excluding carboxylic acids is 1. The van der Waals surface area contributed by atoms with Gasteiger partial charge in [0.05, 0.1) is 18.6 Å². The Labute approximate surface area is 207 Å². The van der Waals surface area contributed by atoms with E-state index in [9.17, 15) is 18.5 Å². The molecule has 1 atom stereocenters. The monoisotopic (exact) mass is 510 g/mol. The van der Waals surface area contributed by atoms with Crippen LogP contribution in [0, 0.1) is 18.3 Å². The van der Waals surface area contributed by atoms with Gasteiger partial charge in [-0.1, -0.05) is 35.9 Å². The molecule has 35 heavy (non-hydrogen) atoms. The number of nitrogens with two attached hydrogens (primary N) is 1. The lowest BCUT2D eigenvalue weighted by molar-refractivity contribution is 0.0600. The SMILES string of the molecule is COC(=O)c1ccc(C2C(C#N)=C(N)Oc3cc(OS(=O)(=O)c4cccc(Cl)c4C)ccc32)cc1. The van der Waals surface area contributed by atoms with Gasteiger partial charge in [0.25, 0.3) is 0 Å². The third-order valence-corrected chi connectivity index (χ3v) is 7.35. The molecule has 0 radical (unpaired) electrons. The number of allylic oxidation sites excluding steroid dienone is 1. The molecule has 3 aromatic rings. The minimum atomic E-state index is -4.18. The first-order valence-electron chi connectivity index (χ1n) is 10.3. The van der Waals surface area contributed by atoms with Crippen molar-refractivity contribution >= 4 is 27.7 Å². The first-order valence-corrected chi connectivity index (χ1v) is 12.0. The van der Waals surface area contributed by atoms with Crippen LogP contribution in [0.5, 0.6) is 11.5 Å². The van der Waals surface area contributed by atoms with Crippen molar-refractivity contribution in [2.24, 2.45) is 5.73 Å². The number of hydrogen-bond acceptors (Lipinski definition) is 8. The van der Waals surface area contributed by atoms with Gasteiger partial charge in [-0.3, -0.25) is 0 Å². The van der Waals surface area contributed by atoms with Crippen LogP contribution in [0.15, 0.2) is 77.0 Å². The van der Waals surface area contributed by atoms with Crippen molar-refractivity contribution in [1.29, 1.82) is 5.26 Å². The maximum absolute atomic E-state index is 12.9. The summed E-state index contributed by atoms with van der Waals surface area (Å²) in [7, 11) is -2.90. The van der Waals surface area contributed by atoms with Crippen LogP contribution in [0.1, 0.15) is 33.0 Å². The molecule has 0 aliphatic carbocycles. The van der Waals surface area contributed by atoms with Gasteiger partial charge in [-0.25, -0.2) is 4.79 Å². The summed E-state index contributed by atoms with van der Waals surface area (Å²) < 4.78 is 41.4. The Morgan fingerprint density at radius 2 is 1.86 bits per heavy atom. The van der Waals surface area contributed by atoms with E-state index in [1.165, 1.54) is 31.4 Å². The molecule has 0 saturated carbocycles. The summed E-state index contributed by atoms with van der Waals surface area (Å²) in [5, 5.41) is 10.0. The Balaban J connectivity index is 1.72.